The summed E-state index contributed by atoms with van der Waals surface area (Å²) in [6, 6.07) is 0. The van der Waals surface area contributed by atoms with Crippen LogP contribution in [0.1, 0.15) is 129 Å². The lowest BCUT2D eigenvalue weighted by Gasteiger charge is -2.17. The summed E-state index contributed by atoms with van der Waals surface area (Å²) in [6.45, 7) is 4.95. The van der Waals surface area contributed by atoms with Gasteiger partial charge in [0, 0.05) is 0 Å². The van der Waals surface area contributed by atoms with E-state index in [1.54, 1.807) is 0 Å². The van der Waals surface area contributed by atoms with E-state index in [4.69, 9.17) is 9.84 Å². The van der Waals surface area contributed by atoms with Crippen molar-refractivity contribution in [1.29, 1.82) is 0 Å². The standard InChI is InChI=1S/C24H46O4/c1-3-5-7-9-11-12-14-16-18-22(17-15-13-10-8-6-4-2)21-28-24(27)20-19-23(25)26/h22H,3-21H2,1-2H3,(H,25,26). The highest BCUT2D eigenvalue weighted by molar-refractivity contribution is 5.76. The number of hydrogen-bond donors (Lipinski definition) is 1. The third-order valence-corrected chi connectivity index (χ3v) is 5.45. The largest absolute Gasteiger partial charge is 0.481 e. The summed E-state index contributed by atoms with van der Waals surface area (Å²) in [6.07, 6.45) is 20.3. The van der Waals surface area contributed by atoms with Crippen molar-refractivity contribution in [1.82, 2.24) is 0 Å². The molecule has 0 aromatic heterocycles. The van der Waals surface area contributed by atoms with Crippen molar-refractivity contribution in [3.8, 4) is 0 Å². The van der Waals surface area contributed by atoms with E-state index in [1.165, 1.54) is 89.9 Å². The van der Waals surface area contributed by atoms with Crippen molar-refractivity contribution in [3.05, 3.63) is 0 Å². The fourth-order valence-electron chi connectivity index (χ4n) is 3.58. The predicted molar refractivity (Wildman–Crippen MR) is 117 cm³/mol. The predicted octanol–water partition coefficient (Wildman–Crippen LogP) is 7.29. The molecule has 1 unspecified atom stereocenters. The Morgan fingerprint density at radius 2 is 1.11 bits per heavy atom. The molecule has 0 saturated carbocycles. The minimum atomic E-state index is -0.945. The minimum absolute atomic E-state index is 0.0170. The van der Waals surface area contributed by atoms with Crippen LogP contribution in [0.2, 0.25) is 0 Å². The first-order chi connectivity index (χ1) is 13.6. The number of carbonyl (C=O) groups excluding carboxylic acids is 1. The van der Waals surface area contributed by atoms with Crippen LogP contribution >= 0.6 is 0 Å². The fourth-order valence-corrected chi connectivity index (χ4v) is 3.58. The second kappa shape index (κ2) is 20.7. The zero-order valence-electron chi connectivity index (χ0n) is 18.7. The molecule has 166 valence electrons. The van der Waals surface area contributed by atoms with Gasteiger partial charge in [0.25, 0.3) is 0 Å². The number of esters is 1. The second-order valence-electron chi connectivity index (χ2n) is 8.26. The van der Waals surface area contributed by atoms with Gasteiger partial charge in [0.15, 0.2) is 0 Å². The van der Waals surface area contributed by atoms with Gasteiger partial charge in [-0.05, 0) is 18.8 Å². The Morgan fingerprint density at radius 1 is 0.679 bits per heavy atom. The smallest absolute Gasteiger partial charge is 0.306 e. The van der Waals surface area contributed by atoms with Gasteiger partial charge < -0.3 is 9.84 Å². The molecule has 0 aromatic rings. The van der Waals surface area contributed by atoms with E-state index in [1.807, 2.05) is 0 Å². The molecule has 0 aliphatic carbocycles. The molecule has 0 aromatic carbocycles. The third kappa shape index (κ3) is 19.7. The van der Waals surface area contributed by atoms with E-state index in [0.717, 1.165) is 12.8 Å². The van der Waals surface area contributed by atoms with E-state index < -0.39 is 5.97 Å². The normalized spacial score (nSPS) is 12.1. The Balaban J connectivity index is 3.99. The molecule has 0 heterocycles. The Bertz CT molecular complexity index is 368. The maximum absolute atomic E-state index is 11.7. The number of carbonyl (C=O) groups is 2. The van der Waals surface area contributed by atoms with Gasteiger partial charge >= 0.3 is 11.9 Å². The Morgan fingerprint density at radius 3 is 1.54 bits per heavy atom. The van der Waals surface area contributed by atoms with E-state index in [-0.39, 0.29) is 18.8 Å². The van der Waals surface area contributed by atoms with Crippen molar-refractivity contribution in [2.75, 3.05) is 6.61 Å². The molecule has 1 N–H and O–H groups in total. The molecule has 0 radical (unpaired) electrons. The summed E-state index contributed by atoms with van der Waals surface area (Å²) < 4.78 is 5.37. The van der Waals surface area contributed by atoms with Crippen molar-refractivity contribution in [2.24, 2.45) is 5.92 Å². The van der Waals surface area contributed by atoms with E-state index in [0.29, 0.717) is 12.5 Å². The van der Waals surface area contributed by atoms with Crippen LogP contribution < -0.4 is 0 Å². The molecule has 0 aliphatic heterocycles. The van der Waals surface area contributed by atoms with Gasteiger partial charge in [-0.2, -0.15) is 0 Å². The van der Waals surface area contributed by atoms with E-state index in [9.17, 15) is 9.59 Å². The highest BCUT2D eigenvalue weighted by Gasteiger charge is 2.13. The lowest BCUT2D eigenvalue weighted by Crippen LogP contribution is -2.15. The first kappa shape index (κ1) is 26.9. The molecule has 0 bridgehead atoms. The monoisotopic (exact) mass is 398 g/mol. The van der Waals surface area contributed by atoms with Gasteiger partial charge in [-0.15, -0.1) is 0 Å². The van der Waals surface area contributed by atoms with Crippen molar-refractivity contribution in [2.45, 2.75) is 129 Å². The van der Waals surface area contributed by atoms with E-state index >= 15 is 0 Å². The number of carboxylic acid groups (broad SMARTS) is 1. The van der Waals surface area contributed by atoms with Gasteiger partial charge in [-0.25, -0.2) is 0 Å². The summed E-state index contributed by atoms with van der Waals surface area (Å²) in [5.74, 6) is -0.883. The average Bonchev–Trinajstić information content (AvgIpc) is 2.68. The van der Waals surface area contributed by atoms with Gasteiger partial charge in [0.05, 0.1) is 19.4 Å². The van der Waals surface area contributed by atoms with Crippen LogP contribution in [0, 0.1) is 5.92 Å². The zero-order chi connectivity index (χ0) is 20.9. The van der Waals surface area contributed by atoms with Crippen molar-refractivity contribution < 1.29 is 19.4 Å². The molecule has 4 heteroatoms. The fraction of sp³-hybridized carbons (Fsp3) is 0.917. The maximum Gasteiger partial charge on any atom is 0.306 e. The topological polar surface area (TPSA) is 63.6 Å². The zero-order valence-corrected chi connectivity index (χ0v) is 18.7. The Hall–Kier alpha value is -1.06. The van der Waals surface area contributed by atoms with E-state index in [2.05, 4.69) is 13.8 Å². The lowest BCUT2D eigenvalue weighted by atomic mass is 9.94. The van der Waals surface area contributed by atoms with Gasteiger partial charge in [0.2, 0.25) is 0 Å². The summed E-state index contributed by atoms with van der Waals surface area (Å²) in [5.41, 5.74) is 0. The Labute approximate surface area is 173 Å². The highest BCUT2D eigenvalue weighted by Crippen LogP contribution is 2.20. The second-order valence-corrected chi connectivity index (χ2v) is 8.26. The average molecular weight is 399 g/mol. The van der Waals surface area contributed by atoms with Crippen molar-refractivity contribution in [3.63, 3.8) is 0 Å². The first-order valence-corrected chi connectivity index (χ1v) is 12.0. The van der Waals surface area contributed by atoms with Gasteiger partial charge in [-0.3, -0.25) is 9.59 Å². The van der Waals surface area contributed by atoms with Crippen LogP contribution in [0.4, 0.5) is 0 Å². The van der Waals surface area contributed by atoms with Crippen LogP contribution in [-0.2, 0) is 14.3 Å². The highest BCUT2D eigenvalue weighted by atomic mass is 16.5. The molecular formula is C24H46O4. The van der Waals surface area contributed by atoms with Crippen LogP contribution in [0.5, 0.6) is 0 Å². The molecule has 0 saturated heterocycles. The summed E-state index contributed by atoms with van der Waals surface area (Å²) in [5, 5.41) is 8.67. The lowest BCUT2D eigenvalue weighted by molar-refractivity contribution is -0.148. The summed E-state index contributed by atoms with van der Waals surface area (Å²) in [7, 11) is 0. The molecule has 0 fully saturated rings. The number of rotatable bonds is 21. The summed E-state index contributed by atoms with van der Waals surface area (Å²) >= 11 is 0. The third-order valence-electron chi connectivity index (χ3n) is 5.45. The van der Waals surface area contributed by atoms with Crippen LogP contribution in [0.15, 0.2) is 0 Å². The van der Waals surface area contributed by atoms with Gasteiger partial charge in [-0.1, -0.05) is 104 Å². The molecule has 0 amide bonds. The number of carboxylic acids is 1. The SMILES string of the molecule is CCCCCCCCCCC(CCCCCCCC)COC(=O)CCC(=O)O. The van der Waals surface area contributed by atoms with Crippen LogP contribution in [0.25, 0.3) is 0 Å². The maximum atomic E-state index is 11.7. The summed E-state index contributed by atoms with van der Waals surface area (Å²) in [4.78, 5) is 22.3. The number of ether oxygens (including phenoxy) is 1. The minimum Gasteiger partial charge on any atom is -0.481 e. The number of unbranched alkanes of at least 4 members (excludes halogenated alkanes) is 12. The molecule has 1 atom stereocenters. The molecular weight excluding hydrogens is 352 g/mol. The first-order valence-electron chi connectivity index (χ1n) is 12.0. The number of hydrogen-bond acceptors (Lipinski definition) is 3. The molecule has 0 spiro atoms. The van der Waals surface area contributed by atoms with Crippen molar-refractivity contribution >= 4 is 11.9 Å². The molecule has 4 nitrogen and oxygen atoms in total. The quantitative estimate of drug-likeness (QED) is 0.163. The molecule has 0 aliphatic rings. The van der Waals surface area contributed by atoms with Crippen LogP contribution in [-0.4, -0.2) is 23.7 Å². The van der Waals surface area contributed by atoms with Crippen LogP contribution in [0.3, 0.4) is 0 Å². The molecule has 28 heavy (non-hydrogen) atoms. The Kier molecular flexibility index (Phi) is 19.9. The van der Waals surface area contributed by atoms with Gasteiger partial charge in [0.1, 0.15) is 0 Å². The molecule has 0 rings (SSSR count). The number of aliphatic carboxylic acids is 1.